The third kappa shape index (κ3) is 2.18. The van der Waals surface area contributed by atoms with Crippen LogP contribution in [0.15, 0.2) is 35.7 Å². The lowest BCUT2D eigenvalue weighted by atomic mass is 10.2. The summed E-state index contributed by atoms with van der Waals surface area (Å²) < 4.78 is 7.12. The number of benzene rings is 1. The second kappa shape index (κ2) is 5.35. The van der Waals surface area contributed by atoms with Gasteiger partial charge in [0, 0.05) is 5.02 Å². The van der Waals surface area contributed by atoms with Gasteiger partial charge in [-0.1, -0.05) is 29.0 Å². The van der Waals surface area contributed by atoms with Gasteiger partial charge in [-0.3, -0.25) is 0 Å². The summed E-state index contributed by atoms with van der Waals surface area (Å²) in [7, 11) is 1.61. The summed E-state index contributed by atoms with van der Waals surface area (Å²) in [6, 6.07) is 9.44. The Morgan fingerprint density at radius 3 is 2.91 bits per heavy atom. The fourth-order valence-corrected chi connectivity index (χ4v) is 3.94. The van der Waals surface area contributed by atoms with Crippen LogP contribution in [0.3, 0.4) is 0 Å². The predicted molar refractivity (Wildman–Crippen MR) is 89.0 cm³/mol. The van der Waals surface area contributed by atoms with Crippen molar-refractivity contribution in [2.45, 2.75) is 0 Å². The molecule has 0 unspecified atom stereocenters. The van der Waals surface area contributed by atoms with Gasteiger partial charge in [0.05, 0.1) is 17.6 Å². The van der Waals surface area contributed by atoms with Crippen LogP contribution < -0.4 is 4.74 Å². The van der Waals surface area contributed by atoms with Crippen molar-refractivity contribution in [2.75, 3.05) is 7.11 Å². The number of hydrogen-bond acceptors (Lipinski definition) is 6. The van der Waals surface area contributed by atoms with Gasteiger partial charge in [-0.05, 0) is 29.6 Å². The molecule has 8 heteroatoms. The lowest BCUT2D eigenvalue weighted by Crippen LogP contribution is -1.94. The molecule has 0 amide bonds. The molecule has 1 aromatic carbocycles. The molecule has 0 saturated carbocycles. The molecule has 110 valence electrons. The molecule has 0 spiro atoms. The smallest absolute Gasteiger partial charge is 0.235 e. The Bertz CT molecular complexity index is 945. The molecule has 0 aliphatic carbocycles. The highest BCUT2D eigenvalue weighted by Crippen LogP contribution is 2.34. The van der Waals surface area contributed by atoms with Crippen molar-refractivity contribution in [1.82, 2.24) is 19.8 Å². The second-order valence-corrected chi connectivity index (χ2v) is 6.79. The molecule has 0 saturated heterocycles. The zero-order valence-electron chi connectivity index (χ0n) is 11.4. The third-order valence-corrected chi connectivity index (χ3v) is 5.30. The summed E-state index contributed by atoms with van der Waals surface area (Å²) in [6.45, 7) is 0. The Hall–Kier alpha value is -1.96. The molecule has 22 heavy (non-hydrogen) atoms. The van der Waals surface area contributed by atoms with E-state index in [1.54, 1.807) is 35.1 Å². The van der Waals surface area contributed by atoms with Gasteiger partial charge in [-0.15, -0.1) is 21.5 Å². The SMILES string of the molecule is COc1ccc(Cl)cc1-c1nnc2sc(-c3cccs3)nn12. The first-order chi connectivity index (χ1) is 10.8. The van der Waals surface area contributed by atoms with Crippen molar-refractivity contribution in [2.24, 2.45) is 0 Å². The molecule has 0 atom stereocenters. The Balaban J connectivity index is 1.91. The molecule has 0 radical (unpaired) electrons. The first-order valence-electron chi connectivity index (χ1n) is 6.36. The van der Waals surface area contributed by atoms with Crippen LogP contribution in [0.25, 0.3) is 26.2 Å². The average molecular weight is 349 g/mol. The van der Waals surface area contributed by atoms with Crippen molar-refractivity contribution in [3.05, 3.63) is 40.7 Å². The Morgan fingerprint density at radius 1 is 1.23 bits per heavy atom. The van der Waals surface area contributed by atoms with E-state index in [0.717, 1.165) is 20.4 Å². The summed E-state index contributed by atoms with van der Waals surface area (Å²) in [6.07, 6.45) is 0. The maximum atomic E-state index is 6.10. The van der Waals surface area contributed by atoms with Crippen LogP contribution in [-0.4, -0.2) is 26.9 Å². The molecule has 4 aromatic rings. The molecule has 0 N–H and O–H groups in total. The van der Waals surface area contributed by atoms with Crippen molar-refractivity contribution in [3.8, 4) is 27.0 Å². The quantitative estimate of drug-likeness (QED) is 0.555. The Labute approximate surface area is 138 Å². The molecule has 0 bridgehead atoms. The van der Waals surface area contributed by atoms with Gasteiger partial charge in [0.2, 0.25) is 4.96 Å². The largest absolute Gasteiger partial charge is 0.496 e. The molecule has 0 aliphatic heterocycles. The summed E-state index contributed by atoms with van der Waals surface area (Å²) in [5.41, 5.74) is 0.769. The van der Waals surface area contributed by atoms with Crippen LogP contribution in [0.1, 0.15) is 0 Å². The fraction of sp³-hybridized carbons (Fsp3) is 0.0714. The number of halogens is 1. The van der Waals surface area contributed by atoms with E-state index < -0.39 is 0 Å². The van der Waals surface area contributed by atoms with Gasteiger partial charge in [0.1, 0.15) is 5.75 Å². The van der Waals surface area contributed by atoms with Gasteiger partial charge >= 0.3 is 0 Å². The molecule has 0 fully saturated rings. The zero-order chi connectivity index (χ0) is 15.1. The number of hydrogen-bond donors (Lipinski definition) is 0. The van der Waals surface area contributed by atoms with Crippen molar-refractivity contribution in [1.29, 1.82) is 0 Å². The van der Waals surface area contributed by atoms with E-state index in [4.69, 9.17) is 16.3 Å². The van der Waals surface area contributed by atoms with Crippen LogP contribution in [0.5, 0.6) is 5.75 Å². The number of aromatic nitrogens is 4. The first kappa shape index (κ1) is 13.7. The highest BCUT2D eigenvalue weighted by molar-refractivity contribution is 7.23. The summed E-state index contributed by atoms with van der Waals surface area (Å²) >= 11 is 9.25. The lowest BCUT2D eigenvalue weighted by Gasteiger charge is -2.06. The first-order valence-corrected chi connectivity index (χ1v) is 8.43. The minimum atomic E-state index is 0.612. The predicted octanol–water partition coefficient (Wildman–Crippen LogP) is 4.24. The average Bonchev–Trinajstić information content (AvgIpc) is 3.23. The van der Waals surface area contributed by atoms with Crippen molar-refractivity contribution >= 4 is 39.2 Å². The van der Waals surface area contributed by atoms with Gasteiger partial charge in [-0.2, -0.15) is 9.61 Å². The van der Waals surface area contributed by atoms with Crippen molar-refractivity contribution in [3.63, 3.8) is 0 Å². The topological polar surface area (TPSA) is 52.3 Å². The third-order valence-electron chi connectivity index (χ3n) is 3.13. The van der Waals surface area contributed by atoms with Gasteiger partial charge in [0.15, 0.2) is 10.8 Å². The number of ether oxygens (including phenoxy) is 1. The standard InChI is InChI=1S/C14H9ClN4OS2/c1-20-10-5-4-8(15)7-9(10)12-16-17-14-19(12)18-13(22-14)11-3-2-6-21-11/h2-7H,1H3. The molecule has 5 nitrogen and oxygen atoms in total. The van der Waals surface area contributed by atoms with Gasteiger partial charge in [0.25, 0.3) is 0 Å². The maximum absolute atomic E-state index is 6.10. The normalized spacial score (nSPS) is 11.2. The number of thiophene rings is 1. The lowest BCUT2D eigenvalue weighted by molar-refractivity contribution is 0.416. The second-order valence-electron chi connectivity index (χ2n) is 4.45. The van der Waals surface area contributed by atoms with E-state index >= 15 is 0 Å². The van der Waals surface area contributed by atoms with E-state index in [-0.39, 0.29) is 0 Å². The highest BCUT2D eigenvalue weighted by atomic mass is 35.5. The highest BCUT2D eigenvalue weighted by Gasteiger charge is 2.18. The van der Waals surface area contributed by atoms with E-state index in [2.05, 4.69) is 15.3 Å². The van der Waals surface area contributed by atoms with Crippen molar-refractivity contribution < 1.29 is 4.74 Å². The maximum Gasteiger partial charge on any atom is 0.235 e. The monoisotopic (exact) mass is 348 g/mol. The minimum Gasteiger partial charge on any atom is -0.496 e. The van der Waals surface area contributed by atoms with E-state index in [9.17, 15) is 0 Å². The minimum absolute atomic E-state index is 0.612. The Morgan fingerprint density at radius 2 is 2.14 bits per heavy atom. The molecular weight excluding hydrogens is 340 g/mol. The van der Waals surface area contributed by atoms with Crippen LogP contribution >= 0.6 is 34.3 Å². The fourth-order valence-electron chi connectivity index (χ4n) is 2.14. The molecule has 3 aromatic heterocycles. The van der Waals surface area contributed by atoms with E-state index in [1.807, 2.05) is 23.6 Å². The number of rotatable bonds is 3. The van der Waals surface area contributed by atoms with Gasteiger partial charge in [-0.25, -0.2) is 0 Å². The zero-order valence-corrected chi connectivity index (χ0v) is 13.7. The molecule has 0 aliphatic rings. The van der Waals surface area contributed by atoms with Crippen LogP contribution in [0.2, 0.25) is 5.02 Å². The summed E-state index contributed by atoms with van der Waals surface area (Å²) in [5.74, 6) is 1.30. The summed E-state index contributed by atoms with van der Waals surface area (Å²) in [5, 5.41) is 16.6. The molecular formula is C14H9ClN4OS2. The van der Waals surface area contributed by atoms with Crippen LogP contribution in [-0.2, 0) is 0 Å². The van der Waals surface area contributed by atoms with E-state index in [0.29, 0.717) is 16.6 Å². The number of nitrogens with zero attached hydrogens (tertiary/aromatic N) is 4. The molecule has 3 heterocycles. The number of fused-ring (bicyclic) bond motifs is 1. The summed E-state index contributed by atoms with van der Waals surface area (Å²) in [4.78, 5) is 1.85. The van der Waals surface area contributed by atoms with Crippen LogP contribution in [0.4, 0.5) is 0 Å². The Kier molecular flexibility index (Phi) is 3.33. The van der Waals surface area contributed by atoms with E-state index in [1.165, 1.54) is 11.3 Å². The number of methoxy groups -OCH3 is 1. The van der Waals surface area contributed by atoms with Gasteiger partial charge < -0.3 is 4.74 Å². The van der Waals surface area contributed by atoms with Crippen LogP contribution in [0, 0.1) is 0 Å². The molecule has 4 rings (SSSR count).